The van der Waals surface area contributed by atoms with Crippen LogP contribution in [0.2, 0.25) is 0 Å². The van der Waals surface area contributed by atoms with Gasteiger partial charge in [-0.25, -0.2) is 4.79 Å². The van der Waals surface area contributed by atoms with Gasteiger partial charge in [0.25, 0.3) is 0 Å². The van der Waals surface area contributed by atoms with Crippen molar-refractivity contribution in [2.45, 2.75) is 37.5 Å². The van der Waals surface area contributed by atoms with Gasteiger partial charge in [-0.2, -0.15) is 11.8 Å². The van der Waals surface area contributed by atoms with E-state index in [1.807, 2.05) is 17.8 Å². The predicted octanol–water partition coefficient (Wildman–Crippen LogP) is 3.14. The van der Waals surface area contributed by atoms with E-state index in [0.29, 0.717) is 29.1 Å². The molecule has 0 amide bonds. The molecule has 2 rings (SSSR count). The molecule has 1 aliphatic rings. The summed E-state index contributed by atoms with van der Waals surface area (Å²) < 4.78 is 5.03. The molecule has 0 spiro atoms. The number of nitrogen functional groups attached to an aromatic ring is 1. The zero-order valence-corrected chi connectivity index (χ0v) is 12.8. The summed E-state index contributed by atoms with van der Waals surface area (Å²) in [7, 11) is 0. The van der Waals surface area contributed by atoms with E-state index in [-0.39, 0.29) is 5.97 Å². The number of carbonyl (C=O) groups is 1. The van der Waals surface area contributed by atoms with Gasteiger partial charge >= 0.3 is 5.97 Å². The summed E-state index contributed by atoms with van der Waals surface area (Å²) in [6.07, 6.45) is 5.82. The van der Waals surface area contributed by atoms with Crippen molar-refractivity contribution < 1.29 is 9.53 Å². The van der Waals surface area contributed by atoms with E-state index in [2.05, 4.69) is 11.6 Å². The van der Waals surface area contributed by atoms with Gasteiger partial charge in [-0.1, -0.05) is 6.42 Å². The number of hydrogen-bond acceptors (Lipinski definition) is 5. The first-order chi connectivity index (χ1) is 9.65. The van der Waals surface area contributed by atoms with Crippen LogP contribution in [0.3, 0.4) is 0 Å². The fourth-order valence-electron chi connectivity index (χ4n) is 2.62. The summed E-state index contributed by atoms with van der Waals surface area (Å²) in [4.78, 5) is 11.8. The number of nitrogens with two attached hydrogens (primary N) is 1. The van der Waals surface area contributed by atoms with Crippen LogP contribution < -0.4 is 11.1 Å². The fraction of sp³-hybridized carbons (Fsp3) is 0.533. The largest absolute Gasteiger partial charge is 0.462 e. The highest BCUT2D eigenvalue weighted by Crippen LogP contribution is 2.31. The maximum Gasteiger partial charge on any atom is 0.340 e. The number of benzene rings is 1. The molecule has 5 heteroatoms. The molecule has 1 aliphatic carbocycles. The molecule has 0 heterocycles. The van der Waals surface area contributed by atoms with Gasteiger partial charge in [0.2, 0.25) is 0 Å². The molecule has 1 fully saturated rings. The lowest BCUT2D eigenvalue weighted by Crippen LogP contribution is -2.25. The SMILES string of the molecule is CCOC(=O)c1cc(NC2CCCC2SC)ccc1N. The van der Waals surface area contributed by atoms with Gasteiger partial charge in [0.1, 0.15) is 0 Å². The van der Waals surface area contributed by atoms with Crippen molar-refractivity contribution in [2.24, 2.45) is 0 Å². The quantitative estimate of drug-likeness (QED) is 0.645. The highest BCUT2D eigenvalue weighted by Gasteiger charge is 2.26. The van der Waals surface area contributed by atoms with E-state index in [9.17, 15) is 4.79 Å². The normalized spacial score (nSPS) is 21.7. The Kier molecular flexibility index (Phi) is 5.17. The smallest absolute Gasteiger partial charge is 0.340 e. The van der Waals surface area contributed by atoms with Crippen LogP contribution in [-0.2, 0) is 4.74 Å². The van der Waals surface area contributed by atoms with E-state index < -0.39 is 0 Å². The minimum Gasteiger partial charge on any atom is -0.462 e. The third kappa shape index (κ3) is 3.39. The van der Waals surface area contributed by atoms with Crippen LogP contribution in [0.4, 0.5) is 11.4 Å². The predicted molar refractivity (Wildman–Crippen MR) is 85.4 cm³/mol. The van der Waals surface area contributed by atoms with E-state index in [4.69, 9.17) is 10.5 Å². The summed E-state index contributed by atoms with van der Waals surface area (Å²) in [6.45, 7) is 2.14. The van der Waals surface area contributed by atoms with Gasteiger partial charge in [0.15, 0.2) is 0 Å². The molecule has 0 bridgehead atoms. The second-order valence-electron chi connectivity index (χ2n) is 4.98. The Bertz CT molecular complexity index is 479. The van der Waals surface area contributed by atoms with Crippen molar-refractivity contribution in [1.82, 2.24) is 0 Å². The summed E-state index contributed by atoms with van der Waals surface area (Å²) in [6, 6.07) is 5.94. The zero-order valence-electron chi connectivity index (χ0n) is 12.0. The Labute approximate surface area is 124 Å². The van der Waals surface area contributed by atoms with Crippen molar-refractivity contribution in [3.63, 3.8) is 0 Å². The fourth-order valence-corrected chi connectivity index (χ4v) is 3.55. The molecular formula is C15H22N2O2S. The number of nitrogens with one attached hydrogen (secondary N) is 1. The molecule has 20 heavy (non-hydrogen) atoms. The maximum atomic E-state index is 11.8. The molecule has 4 nitrogen and oxygen atoms in total. The Morgan fingerprint density at radius 3 is 3.00 bits per heavy atom. The molecule has 2 unspecified atom stereocenters. The third-order valence-corrected chi connectivity index (χ3v) is 4.83. The molecule has 110 valence electrons. The van der Waals surface area contributed by atoms with E-state index >= 15 is 0 Å². The van der Waals surface area contributed by atoms with Crippen molar-refractivity contribution in [1.29, 1.82) is 0 Å². The minimum absolute atomic E-state index is 0.354. The summed E-state index contributed by atoms with van der Waals surface area (Å²) in [5.74, 6) is -0.360. The first-order valence-corrected chi connectivity index (χ1v) is 8.30. The lowest BCUT2D eigenvalue weighted by atomic mass is 10.1. The first kappa shape index (κ1) is 15.0. The number of anilines is 2. The van der Waals surface area contributed by atoms with Gasteiger partial charge in [-0.15, -0.1) is 0 Å². The molecular weight excluding hydrogens is 272 g/mol. The molecule has 1 aromatic rings. The molecule has 1 saturated carbocycles. The lowest BCUT2D eigenvalue weighted by Gasteiger charge is -2.21. The molecule has 1 aromatic carbocycles. The average molecular weight is 294 g/mol. The molecule has 3 N–H and O–H groups in total. The molecule has 0 aliphatic heterocycles. The first-order valence-electron chi connectivity index (χ1n) is 7.01. The summed E-state index contributed by atoms with van der Waals surface area (Å²) >= 11 is 1.90. The maximum absolute atomic E-state index is 11.8. The number of ether oxygens (including phenoxy) is 1. The van der Waals surface area contributed by atoms with E-state index in [1.54, 1.807) is 19.1 Å². The summed E-state index contributed by atoms with van der Waals surface area (Å²) in [5, 5.41) is 4.16. The van der Waals surface area contributed by atoms with Crippen LogP contribution in [0, 0.1) is 0 Å². The highest BCUT2D eigenvalue weighted by atomic mass is 32.2. The number of hydrogen-bond donors (Lipinski definition) is 2. The lowest BCUT2D eigenvalue weighted by molar-refractivity contribution is 0.0527. The van der Waals surface area contributed by atoms with Crippen molar-refractivity contribution in [2.75, 3.05) is 23.9 Å². The van der Waals surface area contributed by atoms with Crippen LogP contribution in [0.15, 0.2) is 18.2 Å². The molecule has 0 radical (unpaired) electrons. The van der Waals surface area contributed by atoms with Crippen LogP contribution in [0.25, 0.3) is 0 Å². The monoisotopic (exact) mass is 294 g/mol. The van der Waals surface area contributed by atoms with E-state index in [0.717, 1.165) is 5.69 Å². The van der Waals surface area contributed by atoms with Crippen LogP contribution in [0.1, 0.15) is 36.5 Å². The molecule has 2 atom stereocenters. The van der Waals surface area contributed by atoms with Crippen molar-refractivity contribution in [3.05, 3.63) is 23.8 Å². The van der Waals surface area contributed by atoms with Gasteiger partial charge in [0.05, 0.1) is 12.2 Å². The molecule has 0 saturated heterocycles. The Balaban J connectivity index is 2.13. The number of rotatable bonds is 5. The van der Waals surface area contributed by atoms with Crippen molar-refractivity contribution >= 4 is 29.1 Å². The van der Waals surface area contributed by atoms with Gasteiger partial charge < -0.3 is 15.8 Å². The zero-order chi connectivity index (χ0) is 14.5. The summed E-state index contributed by atoms with van der Waals surface area (Å²) in [5.41, 5.74) is 7.69. The number of esters is 1. The molecule has 0 aromatic heterocycles. The van der Waals surface area contributed by atoms with Crippen molar-refractivity contribution in [3.8, 4) is 0 Å². The van der Waals surface area contributed by atoms with Gasteiger partial charge in [-0.3, -0.25) is 0 Å². The Morgan fingerprint density at radius 2 is 2.30 bits per heavy atom. The minimum atomic E-state index is -0.360. The number of carbonyl (C=O) groups excluding carboxylic acids is 1. The van der Waals surface area contributed by atoms with Crippen LogP contribution in [-0.4, -0.2) is 30.1 Å². The highest BCUT2D eigenvalue weighted by molar-refractivity contribution is 7.99. The topological polar surface area (TPSA) is 64.3 Å². The van der Waals surface area contributed by atoms with E-state index in [1.165, 1.54) is 19.3 Å². The van der Waals surface area contributed by atoms with Crippen LogP contribution in [0.5, 0.6) is 0 Å². The van der Waals surface area contributed by atoms with Gasteiger partial charge in [0, 0.05) is 22.7 Å². The second kappa shape index (κ2) is 6.88. The standard InChI is InChI=1S/C15H22N2O2S/c1-3-19-15(18)11-9-10(7-8-12(11)16)17-13-5-4-6-14(13)20-2/h7-9,13-14,17H,3-6,16H2,1-2H3. The second-order valence-corrected chi connectivity index (χ2v) is 6.06. The van der Waals surface area contributed by atoms with Gasteiger partial charge in [-0.05, 0) is 44.2 Å². The third-order valence-electron chi connectivity index (χ3n) is 3.66. The Morgan fingerprint density at radius 1 is 1.50 bits per heavy atom. The number of thioether (sulfide) groups is 1. The van der Waals surface area contributed by atoms with Crippen LogP contribution >= 0.6 is 11.8 Å². The Hall–Kier alpha value is -1.36. The average Bonchev–Trinajstić information content (AvgIpc) is 2.88.